The number of benzene rings is 2. The molecule has 6 nitrogen and oxygen atoms in total. The lowest BCUT2D eigenvalue weighted by Crippen LogP contribution is -2.20. The fourth-order valence-electron chi connectivity index (χ4n) is 2.04. The zero-order valence-corrected chi connectivity index (χ0v) is 15.0. The molecule has 24 heavy (non-hydrogen) atoms. The van der Waals surface area contributed by atoms with Crippen molar-refractivity contribution < 1.29 is 17.9 Å². The Bertz CT molecular complexity index is 882. The Morgan fingerprint density at radius 3 is 2.46 bits per heavy atom. The molecule has 2 aromatic rings. The van der Waals surface area contributed by atoms with Crippen molar-refractivity contribution in [1.82, 2.24) is 5.32 Å². The van der Waals surface area contributed by atoms with Crippen LogP contribution in [0.4, 0.5) is 5.69 Å². The van der Waals surface area contributed by atoms with E-state index in [2.05, 4.69) is 10.0 Å². The van der Waals surface area contributed by atoms with Crippen LogP contribution in [0.3, 0.4) is 0 Å². The Kier molecular flexibility index (Phi) is 5.36. The second-order valence-electron chi connectivity index (χ2n) is 5.01. The smallest absolute Gasteiger partial charge is 0.261 e. The van der Waals surface area contributed by atoms with Crippen molar-refractivity contribution in [2.75, 3.05) is 18.9 Å². The number of hydrogen-bond acceptors (Lipinski definition) is 4. The molecule has 1 amide bonds. The summed E-state index contributed by atoms with van der Waals surface area (Å²) >= 11 is 6.01. The maximum atomic E-state index is 12.5. The van der Waals surface area contributed by atoms with Crippen molar-refractivity contribution in [2.45, 2.75) is 11.8 Å². The van der Waals surface area contributed by atoms with Crippen LogP contribution in [0, 0.1) is 6.92 Å². The van der Waals surface area contributed by atoms with Crippen molar-refractivity contribution in [3.8, 4) is 5.75 Å². The van der Waals surface area contributed by atoms with E-state index in [1.54, 1.807) is 12.1 Å². The van der Waals surface area contributed by atoms with E-state index in [0.29, 0.717) is 10.7 Å². The largest absolute Gasteiger partial charge is 0.496 e. The molecule has 0 radical (unpaired) electrons. The molecule has 0 atom stereocenters. The average Bonchev–Trinajstić information content (AvgIpc) is 2.56. The molecule has 0 bridgehead atoms. The van der Waals surface area contributed by atoms with Crippen LogP contribution in [0.15, 0.2) is 41.3 Å². The molecule has 0 saturated carbocycles. The third kappa shape index (κ3) is 3.80. The van der Waals surface area contributed by atoms with Gasteiger partial charge in [-0.3, -0.25) is 9.52 Å². The lowest BCUT2D eigenvalue weighted by molar-refractivity contribution is 0.0960. The molecular formula is C16H17ClN2O4S. The van der Waals surface area contributed by atoms with Crippen LogP contribution in [-0.2, 0) is 10.0 Å². The number of carbonyl (C=O) groups excluding carboxylic acids is 1. The van der Waals surface area contributed by atoms with E-state index < -0.39 is 15.9 Å². The molecule has 0 spiro atoms. The topological polar surface area (TPSA) is 84.5 Å². The summed E-state index contributed by atoms with van der Waals surface area (Å²) in [5.41, 5.74) is 1.30. The van der Waals surface area contributed by atoms with Crippen LogP contribution < -0.4 is 14.8 Å². The molecule has 128 valence electrons. The van der Waals surface area contributed by atoms with Gasteiger partial charge in [-0.05, 0) is 42.8 Å². The first-order chi connectivity index (χ1) is 11.3. The standard InChI is InChI=1S/C16H17ClN2O4S/c1-10-4-5-11(8-14(10)17)19-24(21,22)12-6-7-15(23-3)13(9-12)16(20)18-2/h4-9,19H,1-3H3,(H,18,20). The van der Waals surface area contributed by atoms with Crippen LogP contribution in [0.1, 0.15) is 15.9 Å². The minimum Gasteiger partial charge on any atom is -0.496 e. The fraction of sp³-hybridized carbons (Fsp3) is 0.188. The molecule has 0 aliphatic rings. The lowest BCUT2D eigenvalue weighted by Gasteiger charge is -2.12. The van der Waals surface area contributed by atoms with E-state index in [9.17, 15) is 13.2 Å². The van der Waals surface area contributed by atoms with Crippen molar-refractivity contribution in [2.24, 2.45) is 0 Å². The molecule has 0 fully saturated rings. The van der Waals surface area contributed by atoms with Crippen molar-refractivity contribution >= 4 is 33.2 Å². The highest BCUT2D eigenvalue weighted by Crippen LogP contribution is 2.26. The van der Waals surface area contributed by atoms with Crippen molar-refractivity contribution in [3.63, 3.8) is 0 Å². The van der Waals surface area contributed by atoms with Gasteiger partial charge in [-0.15, -0.1) is 0 Å². The second-order valence-corrected chi connectivity index (χ2v) is 7.10. The molecule has 0 aliphatic heterocycles. The monoisotopic (exact) mass is 368 g/mol. The van der Waals surface area contributed by atoms with Crippen LogP contribution in [0.25, 0.3) is 0 Å². The summed E-state index contributed by atoms with van der Waals surface area (Å²) in [7, 11) is -1.02. The number of sulfonamides is 1. The maximum absolute atomic E-state index is 12.5. The zero-order chi connectivity index (χ0) is 17.9. The minimum absolute atomic E-state index is 0.0569. The third-order valence-electron chi connectivity index (χ3n) is 3.38. The molecule has 0 aliphatic carbocycles. The first-order valence-electron chi connectivity index (χ1n) is 6.97. The molecule has 2 N–H and O–H groups in total. The summed E-state index contributed by atoms with van der Waals surface area (Å²) in [6.45, 7) is 1.82. The maximum Gasteiger partial charge on any atom is 0.261 e. The highest BCUT2D eigenvalue weighted by molar-refractivity contribution is 7.92. The molecule has 0 saturated heterocycles. The Morgan fingerprint density at radius 2 is 1.88 bits per heavy atom. The van der Waals surface area contributed by atoms with Gasteiger partial charge >= 0.3 is 0 Å². The van der Waals surface area contributed by atoms with Crippen LogP contribution >= 0.6 is 11.6 Å². The van der Waals surface area contributed by atoms with Gasteiger partial charge in [-0.1, -0.05) is 17.7 Å². The number of anilines is 1. The Labute approximate surface area is 145 Å². The van der Waals surface area contributed by atoms with Gasteiger partial charge < -0.3 is 10.1 Å². The average molecular weight is 369 g/mol. The Morgan fingerprint density at radius 1 is 1.17 bits per heavy atom. The normalized spacial score (nSPS) is 11.0. The van der Waals surface area contributed by atoms with Gasteiger partial charge in [0.25, 0.3) is 15.9 Å². The summed E-state index contributed by atoms with van der Waals surface area (Å²) in [4.78, 5) is 11.8. The van der Waals surface area contributed by atoms with E-state index in [4.69, 9.17) is 16.3 Å². The molecule has 2 rings (SSSR count). The number of methoxy groups -OCH3 is 1. The van der Waals surface area contributed by atoms with E-state index in [0.717, 1.165) is 5.56 Å². The summed E-state index contributed by atoms with van der Waals surface area (Å²) in [6, 6.07) is 8.91. The molecule has 0 unspecified atom stereocenters. The summed E-state index contributed by atoms with van der Waals surface area (Å²) in [5.74, 6) is -0.158. The Balaban J connectivity index is 2.41. The van der Waals surface area contributed by atoms with Crippen LogP contribution in [-0.4, -0.2) is 28.5 Å². The highest BCUT2D eigenvalue weighted by atomic mass is 35.5. The lowest BCUT2D eigenvalue weighted by atomic mass is 10.2. The van der Waals surface area contributed by atoms with Gasteiger partial charge in [-0.2, -0.15) is 0 Å². The number of hydrogen-bond donors (Lipinski definition) is 2. The van der Waals surface area contributed by atoms with Gasteiger partial charge in [-0.25, -0.2) is 8.42 Å². The quantitative estimate of drug-likeness (QED) is 0.849. The van der Waals surface area contributed by atoms with E-state index in [1.165, 1.54) is 38.4 Å². The molecule has 0 aromatic heterocycles. The number of amides is 1. The summed E-state index contributed by atoms with van der Waals surface area (Å²) < 4.78 is 32.6. The SMILES string of the molecule is CNC(=O)c1cc(S(=O)(=O)Nc2ccc(C)c(Cl)c2)ccc1OC. The number of halogens is 1. The minimum atomic E-state index is -3.88. The van der Waals surface area contributed by atoms with Gasteiger partial charge in [0.05, 0.1) is 23.3 Å². The summed E-state index contributed by atoms with van der Waals surface area (Å²) in [5, 5.41) is 2.90. The van der Waals surface area contributed by atoms with Crippen LogP contribution in [0.2, 0.25) is 5.02 Å². The summed E-state index contributed by atoms with van der Waals surface area (Å²) in [6.07, 6.45) is 0. The molecular weight excluding hydrogens is 352 g/mol. The van der Waals surface area contributed by atoms with Gasteiger partial charge in [0.15, 0.2) is 0 Å². The molecule has 8 heteroatoms. The first kappa shape index (κ1) is 18.1. The number of rotatable bonds is 5. The zero-order valence-electron chi connectivity index (χ0n) is 13.4. The number of nitrogens with one attached hydrogen (secondary N) is 2. The number of carbonyl (C=O) groups is 1. The second kappa shape index (κ2) is 7.11. The third-order valence-corrected chi connectivity index (χ3v) is 5.16. The van der Waals surface area contributed by atoms with Crippen molar-refractivity contribution in [1.29, 1.82) is 0 Å². The Hall–Kier alpha value is -2.25. The van der Waals surface area contributed by atoms with Gasteiger partial charge in [0.1, 0.15) is 5.75 Å². The van der Waals surface area contributed by atoms with Crippen molar-refractivity contribution in [3.05, 3.63) is 52.5 Å². The number of aryl methyl sites for hydroxylation is 1. The van der Waals surface area contributed by atoms with Crippen LogP contribution in [0.5, 0.6) is 5.75 Å². The number of ether oxygens (including phenoxy) is 1. The van der Waals surface area contributed by atoms with E-state index in [1.807, 2.05) is 6.92 Å². The highest BCUT2D eigenvalue weighted by Gasteiger charge is 2.19. The predicted molar refractivity (Wildman–Crippen MR) is 93.4 cm³/mol. The van der Waals surface area contributed by atoms with E-state index >= 15 is 0 Å². The van der Waals surface area contributed by atoms with Gasteiger partial charge in [0, 0.05) is 12.1 Å². The molecule has 2 aromatic carbocycles. The predicted octanol–water partition coefficient (Wildman–Crippen LogP) is 2.82. The first-order valence-corrected chi connectivity index (χ1v) is 8.83. The van der Waals surface area contributed by atoms with E-state index in [-0.39, 0.29) is 16.2 Å². The molecule has 0 heterocycles. The fourth-order valence-corrected chi connectivity index (χ4v) is 3.29. The van der Waals surface area contributed by atoms with Gasteiger partial charge in [0.2, 0.25) is 0 Å².